The second-order valence-electron chi connectivity index (χ2n) is 3.23. The maximum absolute atomic E-state index is 5.38. The van der Waals surface area contributed by atoms with Crippen molar-refractivity contribution in [3.63, 3.8) is 0 Å². The van der Waals surface area contributed by atoms with Gasteiger partial charge in [0.05, 0.1) is 6.10 Å². The SMILES string of the molecule is CC[C@@H](OC)C1CCCC1. The van der Waals surface area contributed by atoms with Gasteiger partial charge in [-0.3, -0.25) is 0 Å². The fourth-order valence-electron chi connectivity index (χ4n) is 2.02. The minimum atomic E-state index is 0.544. The third-order valence-corrected chi connectivity index (χ3v) is 2.63. The second-order valence-corrected chi connectivity index (χ2v) is 3.23. The molecule has 1 fully saturated rings. The first-order valence-electron chi connectivity index (χ1n) is 4.41. The zero-order chi connectivity index (χ0) is 7.40. The highest BCUT2D eigenvalue weighted by Crippen LogP contribution is 2.30. The van der Waals surface area contributed by atoms with Crippen molar-refractivity contribution in [3.8, 4) is 0 Å². The Balaban J connectivity index is 2.29. The lowest BCUT2D eigenvalue weighted by molar-refractivity contribution is 0.0515. The highest BCUT2D eigenvalue weighted by Gasteiger charge is 2.22. The molecule has 10 heavy (non-hydrogen) atoms. The van der Waals surface area contributed by atoms with Crippen molar-refractivity contribution in [2.24, 2.45) is 5.92 Å². The summed E-state index contributed by atoms with van der Waals surface area (Å²) in [6.45, 7) is 2.21. The van der Waals surface area contributed by atoms with Crippen LogP contribution >= 0.6 is 0 Å². The molecule has 60 valence electrons. The lowest BCUT2D eigenvalue weighted by atomic mass is 9.99. The van der Waals surface area contributed by atoms with Gasteiger partial charge in [0.15, 0.2) is 0 Å². The average Bonchev–Trinajstić information content (AvgIpc) is 2.43. The molecule has 0 spiro atoms. The van der Waals surface area contributed by atoms with Gasteiger partial charge in [-0.1, -0.05) is 19.8 Å². The third-order valence-electron chi connectivity index (χ3n) is 2.63. The first-order chi connectivity index (χ1) is 4.88. The van der Waals surface area contributed by atoms with Gasteiger partial charge in [0, 0.05) is 7.11 Å². The largest absolute Gasteiger partial charge is 0.381 e. The molecule has 1 atom stereocenters. The van der Waals surface area contributed by atoms with Crippen molar-refractivity contribution in [1.82, 2.24) is 0 Å². The van der Waals surface area contributed by atoms with Gasteiger partial charge in [0.25, 0.3) is 0 Å². The molecule has 0 unspecified atom stereocenters. The normalized spacial score (nSPS) is 23.4. The van der Waals surface area contributed by atoms with Gasteiger partial charge in [-0.15, -0.1) is 0 Å². The summed E-state index contributed by atoms with van der Waals surface area (Å²) in [6.07, 6.45) is 7.36. The Labute approximate surface area is 63.8 Å². The van der Waals surface area contributed by atoms with E-state index in [1.807, 2.05) is 7.11 Å². The van der Waals surface area contributed by atoms with Crippen LogP contribution in [-0.4, -0.2) is 13.2 Å². The Bertz CT molecular complexity index is 80.7. The van der Waals surface area contributed by atoms with Crippen LogP contribution in [-0.2, 0) is 4.74 Å². The zero-order valence-corrected chi connectivity index (χ0v) is 7.10. The molecule has 0 N–H and O–H groups in total. The van der Waals surface area contributed by atoms with E-state index in [9.17, 15) is 0 Å². The number of methoxy groups -OCH3 is 1. The Morgan fingerprint density at radius 3 is 2.40 bits per heavy atom. The first kappa shape index (κ1) is 8.06. The maximum atomic E-state index is 5.38. The van der Waals surface area contributed by atoms with E-state index in [0.717, 1.165) is 5.92 Å². The monoisotopic (exact) mass is 142 g/mol. The van der Waals surface area contributed by atoms with Crippen LogP contribution in [0, 0.1) is 5.92 Å². The van der Waals surface area contributed by atoms with Gasteiger partial charge in [0.1, 0.15) is 0 Å². The Hall–Kier alpha value is -0.0400. The predicted molar refractivity (Wildman–Crippen MR) is 43.0 cm³/mol. The molecule has 1 saturated carbocycles. The van der Waals surface area contributed by atoms with E-state index < -0.39 is 0 Å². The molecule has 1 heteroatoms. The summed E-state index contributed by atoms with van der Waals surface area (Å²) < 4.78 is 5.38. The van der Waals surface area contributed by atoms with Crippen molar-refractivity contribution in [3.05, 3.63) is 0 Å². The number of ether oxygens (including phenoxy) is 1. The van der Waals surface area contributed by atoms with E-state index >= 15 is 0 Å². The summed E-state index contributed by atoms with van der Waals surface area (Å²) in [5.74, 6) is 0.870. The fourth-order valence-corrected chi connectivity index (χ4v) is 2.02. The highest BCUT2D eigenvalue weighted by molar-refractivity contribution is 4.74. The third kappa shape index (κ3) is 1.72. The van der Waals surface area contributed by atoms with Crippen LogP contribution in [0.5, 0.6) is 0 Å². The van der Waals surface area contributed by atoms with Crippen LogP contribution in [0.25, 0.3) is 0 Å². The van der Waals surface area contributed by atoms with E-state index in [2.05, 4.69) is 6.92 Å². The zero-order valence-electron chi connectivity index (χ0n) is 7.10. The molecular weight excluding hydrogens is 124 g/mol. The summed E-state index contributed by atoms with van der Waals surface area (Å²) in [5.41, 5.74) is 0. The molecule has 1 aliphatic rings. The van der Waals surface area contributed by atoms with Crippen molar-refractivity contribution in [2.45, 2.75) is 45.1 Å². The molecular formula is C9H18O. The summed E-state index contributed by atoms with van der Waals surface area (Å²) in [6, 6.07) is 0. The summed E-state index contributed by atoms with van der Waals surface area (Å²) in [5, 5.41) is 0. The van der Waals surface area contributed by atoms with Gasteiger partial charge in [-0.05, 0) is 25.2 Å². The van der Waals surface area contributed by atoms with Crippen LogP contribution in [0.1, 0.15) is 39.0 Å². The van der Waals surface area contributed by atoms with Gasteiger partial charge in [0.2, 0.25) is 0 Å². The first-order valence-corrected chi connectivity index (χ1v) is 4.41. The molecule has 0 heterocycles. The Kier molecular flexibility index (Phi) is 3.20. The topological polar surface area (TPSA) is 9.23 Å². The number of rotatable bonds is 3. The second kappa shape index (κ2) is 3.97. The minimum Gasteiger partial charge on any atom is -0.381 e. The molecule has 1 aliphatic carbocycles. The van der Waals surface area contributed by atoms with Crippen LogP contribution in [0.3, 0.4) is 0 Å². The van der Waals surface area contributed by atoms with Crippen molar-refractivity contribution in [2.75, 3.05) is 7.11 Å². The predicted octanol–water partition coefficient (Wildman–Crippen LogP) is 2.60. The molecule has 0 bridgehead atoms. The summed E-state index contributed by atoms with van der Waals surface area (Å²) in [7, 11) is 1.84. The van der Waals surface area contributed by atoms with Crippen LogP contribution in [0.4, 0.5) is 0 Å². The molecule has 0 saturated heterocycles. The van der Waals surface area contributed by atoms with E-state index in [4.69, 9.17) is 4.74 Å². The van der Waals surface area contributed by atoms with Gasteiger partial charge < -0.3 is 4.74 Å². The van der Waals surface area contributed by atoms with Crippen molar-refractivity contribution < 1.29 is 4.74 Å². The molecule has 1 nitrogen and oxygen atoms in total. The molecule has 0 aromatic carbocycles. The molecule has 0 amide bonds. The van der Waals surface area contributed by atoms with E-state index in [-0.39, 0.29) is 0 Å². The highest BCUT2D eigenvalue weighted by atomic mass is 16.5. The average molecular weight is 142 g/mol. The number of hydrogen-bond acceptors (Lipinski definition) is 1. The van der Waals surface area contributed by atoms with Gasteiger partial charge in [-0.2, -0.15) is 0 Å². The summed E-state index contributed by atoms with van der Waals surface area (Å²) in [4.78, 5) is 0. The van der Waals surface area contributed by atoms with Crippen molar-refractivity contribution >= 4 is 0 Å². The smallest absolute Gasteiger partial charge is 0.0596 e. The Morgan fingerprint density at radius 1 is 1.40 bits per heavy atom. The standard InChI is InChI=1S/C9H18O/c1-3-9(10-2)8-6-4-5-7-8/h8-9H,3-7H2,1-2H3/t9-/m1/s1. The molecule has 0 aromatic rings. The molecule has 0 radical (unpaired) electrons. The minimum absolute atomic E-state index is 0.544. The molecule has 0 aromatic heterocycles. The van der Waals surface area contributed by atoms with Crippen LogP contribution in [0.2, 0.25) is 0 Å². The lowest BCUT2D eigenvalue weighted by Gasteiger charge is -2.19. The maximum Gasteiger partial charge on any atom is 0.0596 e. The molecule has 1 rings (SSSR count). The van der Waals surface area contributed by atoms with Gasteiger partial charge in [-0.25, -0.2) is 0 Å². The van der Waals surface area contributed by atoms with Crippen LogP contribution in [0.15, 0.2) is 0 Å². The van der Waals surface area contributed by atoms with Crippen LogP contribution < -0.4 is 0 Å². The molecule has 0 aliphatic heterocycles. The Morgan fingerprint density at radius 2 is 2.00 bits per heavy atom. The fraction of sp³-hybridized carbons (Fsp3) is 1.00. The quantitative estimate of drug-likeness (QED) is 0.588. The van der Waals surface area contributed by atoms with E-state index in [1.54, 1.807) is 0 Å². The van der Waals surface area contributed by atoms with Gasteiger partial charge >= 0.3 is 0 Å². The van der Waals surface area contributed by atoms with Crippen molar-refractivity contribution in [1.29, 1.82) is 0 Å². The lowest BCUT2D eigenvalue weighted by Crippen LogP contribution is -2.18. The summed E-state index contributed by atoms with van der Waals surface area (Å²) >= 11 is 0. The number of hydrogen-bond donors (Lipinski definition) is 0. The van der Waals surface area contributed by atoms with E-state index in [1.165, 1.54) is 32.1 Å². The van der Waals surface area contributed by atoms with E-state index in [0.29, 0.717) is 6.10 Å².